The van der Waals surface area contributed by atoms with Gasteiger partial charge in [0.05, 0.1) is 13.2 Å². The Labute approximate surface area is 132 Å². The molecule has 0 radical (unpaired) electrons. The van der Waals surface area contributed by atoms with Gasteiger partial charge in [-0.15, -0.1) is 0 Å². The molecule has 2 atom stereocenters. The van der Waals surface area contributed by atoms with E-state index in [1.54, 1.807) is 12.0 Å². The normalized spacial score (nSPS) is 21.5. The largest absolute Gasteiger partial charge is 0.497 e. The average Bonchev–Trinajstić information content (AvgIpc) is 2.54. The van der Waals surface area contributed by atoms with Gasteiger partial charge in [-0.25, -0.2) is 4.79 Å². The van der Waals surface area contributed by atoms with Gasteiger partial charge >= 0.3 is 6.03 Å². The van der Waals surface area contributed by atoms with E-state index < -0.39 is 6.10 Å². The van der Waals surface area contributed by atoms with E-state index in [2.05, 4.69) is 5.32 Å². The Balaban J connectivity index is 1.66. The number of carbonyl (C=O) groups is 1. The molecular weight excluding hydrogens is 280 g/mol. The maximum atomic E-state index is 12.0. The summed E-state index contributed by atoms with van der Waals surface area (Å²) in [6, 6.07) is 7.92. The highest BCUT2D eigenvalue weighted by molar-refractivity contribution is 5.74. The van der Waals surface area contributed by atoms with Crippen molar-refractivity contribution in [2.45, 2.75) is 32.3 Å². The fraction of sp³-hybridized carbons (Fsp3) is 0.588. The first-order valence-corrected chi connectivity index (χ1v) is 7.94. The first-order valence-electron chi connectivity index (χ1n) is 7.94. The highest BCUT2D eigenvalue weighted by Crippen LogP contribution is 2.17. The lowest BCUT2D eigenvalue weighted by atomic mass is 9.96. The van der Waals surface area contributed by atoms with Crippen molar-refractivity contribution in [1.29, 1.82) is 0 Å². The maximum absolute atomic E-state index is 12.0. The van der Waals surface area contributed by atoms with Crippen molar-refractivity contribution in [3.8, 4) is 5.75 Å². The van der Waals surface area contributed by atoms with Crippen LogP contribution in [0.3, 0.4) is 0 Å². The number of β-amino-alcohol motifs (C(OH)–C–C–N with tert-alkyl or cyclic N) is 1. The summed E-state index contributed by atoms with van der Waals surface area (Å²) < 4.78 is 5.13. The van der Waals surface area contributed by atoms with Gasteiger partial charge in [-0.2, -0.15) is 0 Å². The number of rotatable bonds is 5. The second-order valence-electron chi connectivity index (χ2n) is 5.96. The van der Waals surface area contributed by atoms with Crippen LogP contribution in [-0.4, -0.2) is 48.9 Å². The summed E-state index contributed by atoms with van der Waals surface area (Å²) in [5, 5.41) is 12.8. The Morgan fingerprint density at radius 2 is 2.14 bits per heavy atom. The Bertz CT molecular complexity index is 475. The predicted molar refractivity (Wildman–Crippen MR) is 86.1 cm³/mol. The third kappa shape index (κ3) is 4.63. The molecule has 0 unspecified atom stereocenters. The number of amides is 2. The molecule has 0 aromatic heterocycles. The van der Waals surface area contributed by atoms with Crippen LogP contribution in [0.15, 0.2) is 24.3 Å². The van der Waals surface area contributed by atoms with Crippen molar-refractivity contribution in [2.24, 2.45) is 5.92 Å². The molecule has 2 amide bonds. The number of methoxy groups -OCH3 is 1. The van der Waals surface area contributed by atoms with E-state index in [4.69, 9.17) is 4.74 Å². The zero-order valence-corrected chi connectivity index (χ0v) is 13.4. The molecule has 0 bridgehead atoms. The lowest BCUT2D eigenvalue weighted by Gasteiger charge is -2.34. The van der Waals surface area contributed by atoms with Gasteiger partial charge in [0.25, 0.3) is 0 Å². The van der Waals surface area contributed by atoms with Crippen molar-refractivity contribution < 1.29 is 14.6 Å². The van der Waals surface area contributed by atoms with Crippen molar-refractivity contribution in [1.82, 2.24) is 10.2 Å². The second-order valence-corrected chi connectivity index (χ2v) is 5.96. The number of carbonyl (C=O) groups excluding carboxylic acids is 1. The Morgan fingerprint density at radius 1 is 1.41 bits per heavy atom. The van der Waals surface area contributed by atoms with Crippen LogP contribution in [0.1, 0.15) is 25.3 Å². The number of benzene rings is 1. The highest BCUT2D eigenvalue weighted by Gasteiger charge is 2.26. The van der Waals surface area contributed by atoms with E-state index in [9.17, 15) is 9.90 Å². The first-order chi connectivity index (χ1) is 10.6. The van der Waals surface area contributed by atoms with Crippen molar-refractivity contribution in [3.63, 3.8) is 0 Å². The molecule has 2 N–H and O–H groups in total. The molecule has 1 aromatic rings. The van der Waals surface area contributed by atoms with Gasteiger partial charge in [-0.3, -0.25) is 0 Å². The van der Waals surface area contributed by atoms with Crippen molar-refractivity contribution >= 4 is 6.03 Å². The summed E-state index contributed by atoms with van der Waals surface area (Å²) in [5.74, 6) is 1.13. The minimum atomic E-state index is -0.404. The van der Waals surface area contributed by atoms with E-state index in [1.807, 2.05) is 31.2 Å². The summed E-state index contributed by atoms with van der Waals surface area (Å²) in [7, 11) is 1.66. The molecule has 0 spiro atoms. The summed E-state index contributed by atoms with van der Waals surface area (Å²) in [6.07, 6.45) is 2.27. The molecule has 1 aliphatic rings. The SMILES string of the molecule is COc1ccc(CCCNC(=O)N2CC[C@H](C)[C@H](O)C2)cc1. The zero-order chi connectivity index (χ0) is 15.9. The second kappa shape index (κ2) is 8.03. The summed E-state index contributed by atoms with van der Waals surface area (Å²) in [4.78, 5) is 13.7. The van der Waals surface area contributed by atoms with Gasteiger partial charge in [-0.1, -0.05) is 19.1 Å². The van der Waals surface area contributed by atoms with Gasteiger partial charge in [-0.05, 0) is 42.9 Å². The molecule has 0 aliphatic carbocycles. The van der Waals surface area contributed by atoms with Crippen LogP contribution < -0.4 is 10.1 Å². The molecule has 1 heterocycles. The van der Waals surface area contributed by atoms with Crippen LogP contribution in [-0.2, 0) is 6.42 Å². The van der Waals surface area contributed by atoms with Gasteiger partial charge in [0.1, 0.15) is 5.75 Å². The standard InChI is InChI=1S/C17H26N2O3/c1-13-9-11-19(12-16(13)20)17(21)18-10-3-4-14-5-7-15(22-2)8-6-14/h5-8,13,16,20H,3-4,9-12H2,1-2H3,(H,18,21)/t13-,16+/m0/s1. The van der Waals surface area contributed by atoms with Gasteiger partial charge in [0, 0.05) is 19.6 Å². The first kappa shape index (κ1) is 16.6. The summed E-state index contributed by atoms with van der Waals surface area (Å²) >= 11 is 0. The molecule has 1 fully saturated rings. The molecule has 122 valence electrons. The molecule has 1 saturated heterocycles. The average molecular weight is 306 g/mol. The lowest BCUT2D eigenvalue weighted by molar-refractivity contribution is 0.0436. The number of aliphatic hydroxyl groups is 1. The van der Waals surface area contributed by atoms with Crippen LogP contribution in [0, 0.1) is 5.92 Å². The van der Waals surface area contributed by atoms with E-state index in [0.717, 1.165) is 31.6 Å². The molecule has 5 nitrogen and oxygen atoms in total. The number of aryl methyl sites for hydroxylation is 1. The molecule has 1 aliphatic heterocycles. The Morgan fingerprint density at radius 3 is 2.77 bits per heavy atom. The number of hydrogen-bond acceptors (Lipinski definition) is 3. The van der Waals surface area contributed by atoms with Crippen LogP contribution in [0.2, 0.25) is 0 Å². The van der Waals surface area contributed by atoms with E-state index in [-0.39, 0.29) is 11.9 Å². The zero-order valence-electron chi connectivity index (χ0n) is 13.4. The van der Waals surface area contributed by atoms with Gasteiger partial charge in [0.15, 0.2) is 0 Å². The van der Waals surface area contributed by atoms with Crippen LogP contribution in [0.25, 0.3) is 0 Å². The highest BCUT2D eigenvalue weighted by atomic mass is 16.5. The number of nitrogens with one attached hydrogen (secondary N) is 1. The number of piperidine rings is 1. The van der Waals surface area contributed by atoms with Crippen LogP contribution in [0.4, 0.5) is 4.79 Å². The third-order valence-corrected chi connectivity index (χ3v) is 4.28. The molecule has 22 heavy (non-hydrogen) atoms. The van der Waals surface area contributed by atoms with Crippen LogP contribution in [0.5, 0.6) is 5.75 Å². The number of aliphatic hydroxyl groups excluding tert-OH is 1. The third-order valence-electron chi connectivity index (χ3n) is 4.28. The van der Waals surface area contributed by atoms with Crippen molar-refractivity contribution in [2.75, 3.05) is 26.7 Å². The monoisotopic (exact) mass is 306 g/mol. The lowest BCUT2D eigenvalue weighted by Crippen LogP contribution is -2.49. The molecular formula is C17H26N2O3. The molecule has 1 aromatic carbocycles. The minimum Gasteiger partial charge on any atom is -0.497 e. The molecule has 0 saturated carbocycles. The van der Waals surface area contributed by atoms with Gasteiger partial charge in [0.2, 0.25) is 0 Å². The number of nitrogens with zero attached hydrogens (tertiary/aromatic N) is 1. The smallest absolute Gasteiger partial charge is 0.317 e. The number of likely N-dealkylation sites (tertiary alicyclic amines) is 1. The Hall–Kier alpha value is -1.75. The Kier molecular flexibility index (Phi) is 6.07. The van der Waals surface area contributed by atoms with E-state index in [1.165, 1.54) is 5.56 Å². The number of urea groups is 1. The maximum Gasteiger partial charge on any atom is 0.317 e. The number of ether oxygens (including phenoxy) is 1. The van der Waals surface area contributed by atoms with E-state index in [0.29, 0.717) is 13.1 Å². The number of hydrogen-bond donors (Lipinski definition) is 2. The van der Waals surface area contributed by atoms with Crippen molar-refractivity contribution in [3.05, 3.63) is 29.8 Å². The van der Waals surface area contributed by atoms with E-state index >= 15 is 0 Å². The summed E-state index contributed by atoms with van der Waals surface area (Å²) in [5.41, 5.74) is 1.23. The fourth-order valence-electron chi connectivity index (χ4n) is 2.63. The summed E-state index contributed by atoms with van der Waals surface area (Å²) in [6.45, 7) is 3.83. The van der Waals surface area contributed by atoms with Crippen LogP contribution >= 0.6 is 0 Å². The van der Waals surface area contributed by atoms with Gasteiger partial charge < -0.3 is 20.1 Å². The predicted octanol–water partition coefficient (Wildman–Crippen LogP) is 2.04. The molecule has 2 rings (SSSR count). The molecule has 5 heteroatoms. The topological polar surface area (TPSA) is 61.8 Å². The quantitative estimate of drug-likeness (QED) is 0.818. The fourth-order valence-corrected chi connectivity index (χ4v) is 2.63. The minimum absolute atomic E-state index is 0.0688.